The number of urea groups is 2. The normalized spacial score (nSPS) is 15.7. The zero-order valence-corrected chi connectivity index (χ0v) is 30.1. The highest BCUT2D eigenvalue weighted by Gasteiger charge is 2.55. The fourth-order valence-corrected chi connectivity index (χ4v) is 6.29. The van der Waals surface area contributed by atoms with Gasteiger partial charge in [-0.1, -0.05) is 84.9 Å². The zero-order chi connectivity index (χ0) is 39.9. The number of ketones is 1. The molecule has 15 nitrogen and oxygen atoms in total. The van der Waals surface area contributed by atoms with Crippen LogP contribution >= 0.6 is 0 Å². The second-order valence-corrected chi connectivity index (χ2v) is 13.1. The van der Waals surface area contributed by atoms with Crippen LogP contribution < -0.4 is 21.3 Å². The Morgan fingerprint density at radius 1 is 0.818 bits per heavy atom. The van der Waals surface area contributed by atoms with Crippen LogP contribution in [0.3, 0.4) is 0 Å². The molecule has 1 aliphatic rings. The van der Waals surface area contributed by atoms with Gasteiger partial charge in [0.05, 0.1) is 24.7 Å². The van der Waals surface area contributed by atoms with Crippen molar-refractivity contribution in [3.05, 3.63) is 131 Å². The number of hydrogen-bond acceptors (Lipinski definition) is 8. The van der Waals surface area contributed by atoms with Crippen molar-refractivity contribution < 1.29 is 43.8 Å². The Balaban J connectivity index is 1.41. The zero-order valence-electron chi connectivity index (χ0n) is 30.1. The van der Waals surface area contributed by atoms with E-state index in [0.717, 1.165) is 16.0 Å². The fraction of sp³-hybridized carbons (Fsp3) is 0.225. The Kier molecular flexibility index (Phi) is 12.1. The third kappa shape index (κ3) is 8.85. The molecule has 15 heteroatoms. The van der Waals surface area contributed by atoms with Crippen molar-refractivity contribution in [3.8, 4) is 0 Å². The van der Waals surface area contributed by atoms with E-state index in [0.29, 0.717) is 21.7 Å². The fourth-order valence-electron chi connectivity index (χ4n) is 6.29. The van der Waals surface area contributed by atoms with Crippen molar-refractivity contribution >= 4 is 53.0 Å². The van der Waals surface area contributed by atoms with Gasteiger partial charge in [0.25, 0.3) is 5.91 Å². The van der Waals surface area contributed by atoms with Crippen molar-refractivity contribution in [1.29, 1.82) is 0 Å². The van der Waals surface area contributed by atoms with Gasteiger partial charge in [0.2, 0.25) is 5.91 Å². The minimum atomic E-state index is -1.62. The molecule has 284 valence electrons. The Morgan fingerprint density at radius 3 is 2.11 bits per heavy atom. The third-order valence-electron chi connectivity index (χ3n) is 9.28. The number of carbonyl (C=O) groups is 7. The first kappa shape index (κ1) is 39.3. The molecule has 6 N–H and O–H groups in total. The van der Waals surface area contributed by atoms with E-state index in [9.17, 15) is 38.7 Å². The number of para-hydroxylation sites is 2. The molecule has 4 aromatic carbocycles. The molecule has 1 heterocycles. The van der Waals surface area contributed by atoms with Crippen LogP contribution in [0.25, 0.3) is 0 Å². The summed E-state index contributed by atoms with van der Waals surface area (Å²) >= 11 is 0. The topological polar surface area (TPSA) is 220 Å². The summed E-state index contributed by atoms with van der Waals surface area (Å²) in [6.45, 7) is 1.93. The average molecular weight is 749 g/mol. The molecule has 0 radical (unpaired) electrons. The van der Waals surface area contributed by atoms with E-state index < -0.39 is 72.7 Å². The molecule has 55 heavy (non-hydrogen) atoms. The van der Waals surface area contributed by atoms with E-state index in [4.69, 9.17) is 10.8 Å². The van der Waals surface area contributed by atoms with Gasteiger partial charge in [-0.2, -0.15) is 0 Å². The number of nitrogens with one attached hydrogen (secondary N) is 2. The predicted molar refractivity (Wildman–Crippen MR) is 201 cm³/mol. The molecule has 0 aliphatic carbocycles. The number of carboxylic acids is 2. The van der Waals surface area contributed by atoms with Gasteiger partial charge in [0.15, 0.2) is 5.78 Å². The van der Waals surface area contributed by atoms with Crippen LogP contribution in [0, 0.1) is 6.92 Å². The molecule has 1 aliphatic heterocycles. The van der Waals surface area contributed by atoms with Crippen LogP contribution in [0.5, 0.6) is 0 Å². The Hall–Kier alpha value is -6.87. The first-order valence-electron chi connectivity index (χ1n) is 17.2. The van der Waals surface area contributed by atoms with E-state index in [-0.39, 0.29) is 24.3 Å². The van der Waals surface area contributed by atoms with Crippen LogP contribution in [0.2, 0.25) is 0 Å². The van der Waals surface area contributed by atoms with Crippen molar-refractivity contribution in [2.75, 3.05) is 23.3 Å². The minimum absolute atomic E-state index is 0.00787. The molecule has 0 aromatic heterocycles. The van der Waals surface area contributed by atoms with E-state index in [1.807, 2.05) is 31.2 Å². The lowest BCUT2D eigenvalue weighted by atomic mass is 9.89. The number of nitrogens with two attached hydrogens (primary N) is 1. The maximum absolute atomic E-state index is 14.4. The minimum Gasteiger partial charge on any atom is -0.481 e. The summed E-state index contributed by atoms with van der Waals surface area (Å²) in [7, 11) is 0. The molecule has 5 rings (SSSR count). The van der Waals surface area contributed by atoms with Gasteiger partial charge in [0.1, 0.15) is 12.1 Å². The summed E-state index contributed by atoms with van der Waals surface area (Å²) in [5, 5.41) is 24.3. The number of benzene rings is 4. The van der Waals surface area contributed by atoms with Gasteiger partial charge in [0, 0.05) is 24.3 Å². The molecule has 2 atom stereocenters. The monoisotopic (exact) mass is 748 g/mol. The van der Waals surface area contributed by atoms with Crippen molar-refractivity contribution in [2.24, 2.45) is 5.73 Å². The summed E-state index contributed by atoms with van der Waals surface area (Å²) in [6.07, 6.45) is -0.793. The number of imide groups is 1. The van der Waals surface area contributed by atoms with E-state index in [1.54, 1.807) is 61.5 Å². The number of carbonyl (C=O) groups excluding carboxylic acids is 5. The van der Waals surface area contributed by atoms with Gasteiger partial charge in [-0.05, 0) is 54.3 Å². The summed E-state index contributed by atoms with van der Waals surface area (Å²) in [4.78, 5) is 94.2. The van der Waals surface area contributed by atoms with Crippen molar-refractivity contribution in [2.45, 2.75) is 44.9 Å². The maximum atomic E-state index is 14.4. The molecule has 4 aromatic rings. The molecule has 1 fully saturated rings. The van der Waals surface area contributed by atoms with Gasteiger partial charge < -0.3 is 31.5 Å². The number of aryl methyl sites for hydroxylation is 1. The maximum Gasteiger partial charge on any atom is 0.328 e. The molecule has 6 amide bonds. The van der Waals surface area contributed by atoms with Crippen LogP contribution in [-0.4, -0.2) is 80.7 Å². The molecule has 0 saturated carbocycles. The van der Waals surface area contributed by atoms with E-state index in [1.165, 1.54) is 29.2 Å². The van der Waals surface area contributed by atoms with Crippen LogP contribution in [0.1, 0.15) is 46.0 Å². The smallest absolute Gasteiger partial charge is 0.328 e. The first-order valence-corrected chi connectivity index (χ1v) is 17.2. The summed E-state index contributed by atoms with van der Waals surface area (Å²) in [5.74, 6) is -5.39. The van der Waals surface area contributed by atoms with Crippen LogP contribution in [0.15, 0.2) is 103 Å². The lowest BCUT2D eigenvalue weighted by molar-refractivity contribution is -0.139. The van der Waals surface area contributed by atoms with Gasteiger partial charge >= 0.3 is 24.0 Å². The van der Waals surface area contributed by atoms with E-state index >= 15 is 0 Å². The Bertz CT molecular complexity index is 2120. The summed E-state index contributed by atoms with van der Waals surface area (Å²) in [5.41, 5.74) is 7.28. The lowest BCUT2D eigenvalue weighted by Gasteiger charge is -2.32. The molecule has 1 saturated heterocycles. The number of anilines is 2. The Labute approximate surface area is 316 Å². The van der Waals surface area contributed by atoms with Crippen molar-refractivity contribution in [3.63, 3.8) is 0 Å². The number of Topliss-reactive ketones (excluding diaryl/α,β-unsaturated/α-hetero) is 1. The second-order valence-electron chi connectivity index (χ2n) is 13.1. The van der Waals surface area contributed by atoms with Crippen LogP contribution in [0.4, 0.5) is 21.0 Å². The standard InChI is InChI=1S/C40H40N6O9/c1-25-10-6-8-14-31(25)43-38(54)42-21-26-16-18-28(19-17-26)40(2)37(53)45(39(55)46(40)22-27-11-4-3-5-12-27)23-33(47)29-13-7-9-15-32(29)44(24-35(50)51)36(52)30(41)20-34(48)49/h3-19,30H,20-24,41H2,1-2H3,(H,48,49)(H,50,51)(H2,42,43,54)/t30-,40+/m0/s1. The number of nitrogens with zero attached hydrogens (tertiary/aromatic N) is 3. The highest BCUT2D eigenvalue weighted by Crippen LogP contribution is 2.39. The average Bonchev–Trinajstić information content (AvgIpc) is 3.34. The number of rotatable bonds is 15. The lowest BCUT2D eigenvalue weighted by Crippen LogP contribution is -2.47. The Morgan fingerprint density at radius 2 is 1.45 bits per heavy atom. The molecular weight excluding hydrogens is 708 g/mol. The number of amides is 6. The molecule has 0 unspecified atom stereocenters. The number of hydrogen-bond donors (Lipinski definition) is 5. The largest absolute Gasteiger partial charge is 0.481 e. The quantitative estimate of drug-likeness (QED) is 0.0866. The third-order valence-corrected chi connectivity index (χ3v) is 9.28. The second kappa shape index (κ2) is 16.9. The first-order chi connectivity index (χ1) is 26.2. The SMILES string of the molecule is Cc1ccccc1NC(=O)NCc1ccc([C@]2(C)C(=O)N(CC(=O)c3ccccc3N(CC(=O)O)C(=O)[C@@H](N)CC(=O)O)C(=O)N2Cc2ccccc2)cc1. The molecule has 0 bridgehead atoms. The predicted octanol–water partition coefficient (Wildman–Crippen LogP) is 4.10. The highest BCUT2D eigenvalue weighted by molar-refractivity contribution is 6.14. The summed E-state index contributed by atoms with van der Waals surface area (Å²) < 4.78 is 0. The number of carboxylic acid groups (broad SMARTS) is 2. The summed E-state index contributed by atoms with van der Waals surface area (Å²) in [6, 6.07) is 25.8. The van der Waals surface area contributed by atoms with E-state index in [2.05, 4.69) is 10.6 Å². The molecular formula is C40H40N6O9. The van der Waals surface area contributed by atoms with Gasteiger partial charge in [-0.3, -0.25) is 33.8 Å². The molecule has 0 spiro atoms. The number of aliphatic carboxylic acids is 2. The van der Waals surface area contributed by atoms with Crippen LogP contribution in [-0.2, 0) is 37.8 Å². The van der Waals surface area contributed by atoms with Crippen molar-refractivity contribution in [1.82, 2.24) is 15.1 Å². The van der Waals surface area contributed by atoms with Gasteiger partial charge in [-0.15, -0.1) is 0 Å². The van der Waals surface area contributed by atoms with Gasteiger partial charge in [-0.25, -0.2) is 9.59 Å². The highest BCUT2D eigenvalue weighted by atomic mass is 16.4.